The van der Waals surface area contributed by atoms with Crippen LogP contribution in [0.3, 0.4) is 0 Å². The number of halogens is 1. The van der Waals surface area contributed by atoms with E-state index in [1.165, 1.54) is 5.69 Å². The van der Waals surface area contributed by atoms with Crippen LogP contribution >= 0.6 is 15.9 Å². The number of benzene rings is 1. The van der Waals surface area contributed by atoms with E-state index in [9.17, 15) is 0 Å². The fourth-order valence-corrected chi connectivity index (χ4v) is 1.20. The Bertz CT molecular complexity index is 230. The predicted octanol–water partition coefficient (Wildman–Crippen LogP) is 3.66. The molecule has 2 heteroatoms. The predicted molar refractivity (Wildman–Crippen MR) is 57.5 cm³/mol. The third-order valence-corrected chi connectivity index (χ3v) is 2.40. The molecule has 12 heavy (non-hydrogen) atoms. The van der Waals surface area contributed by atoms with Gasteiger partial charge in [0.15, 0.2) is 0 Å². The molecule has 0 spiro atoms. The molecule has 66 valence electrons. The first-order valence-electron chi connectivity index (χ1n) is 4.24. The molecule has 1 N–H and O–H groups in total. The summed E-state index contributed by atoms with van der Waals surface area (Å²) in [6.07, 6.45) is 1.15. The van der Waals surface area contributed by atoms with Crippen LogP contribution in [0.1, 0.15) is 20.3 Å². The van der Waals surface area contributed by atoms with Crippen LogP contribution in [-0.2, 0) is 0 Å². The lowest BCUT2D eigenvalue weighted by Gasteiger charge is -2.12. The second-order valence-electron chi connectivity index (χ2n) is 2.96. The fourth-order valence-electron chi connectivity index (χ4n) is 0.933. The van der Waals surface area contributed by atoms with Gasteiger partial charge in [0.2, 0.25) is 0 Å². The standard InChI is InChI=1S/C10H14BrN/c1-3-8(2)12-10-6-4-9(11)5-7-10/h4-8,12H,3H2,1-2H3/t8-/m0/s1. The lowest BCUT2D eigenvalue weighted by atomic mass is 10.2. The van der Waals surface area contributed by atoms with E-state index < -0.39 is 0 Å². The number of rotatable bonds is 3. The molecule has 0 heterocycles. The van der Waals surface area contributed by atoms with E-state index >= 15 is 0 Å². The topological polar surface area (TPSA) is 12.0 Å². The van der Waals surface area contributed by atoms with Crippen molar-refractivity contribution < 1.29 is 0 Å². The molecule has 0 saturated heterocycles. The first-order chi connectivity index (χ1) is 5.72. The molecule has 1 atom stereocenters. The maximum atomic E-state index is 3.40. The van der Waals surface area contributed by atoms with Crippen molar-refractivity contribution >= 4 is 21.6 Å². The van der Waals surface area contributed by atoms with Crippen LogP contribution in [0, 0.1) is 0 Å². The zero-order chi connectivity index (χ0) is 8.97. The van der Waals surface area contributed by atoms with Gasteiger partial charge in [0.25, 0.3) is 0 Å². The molecule has 0 aliphatic rings. The highest BCUT2D eigenvalue weighted by atomic mass is 79.9. The van der Waals surface area contributed by atoms with Gasteiger partial charge in [0, 0.05) is 16.2 Å². The van der Waals surface area contributed by atoms with Gasteiger partial charge in [0.05, 0.1) is 0 Å². The highest BCUT2D eigenvalue weighted by Gasteiger charge is 1.97. The fraction of sp³-hybridized carbons (Fsp3) is 0.400. The lowest BCUT2D eigenvalue weighted by molar-refractivity contribution is 0.764. The van der Waals surface area contributed by atoms with Crippen molar-refractivity contribution in [2.45, 2.75) is 26.3 Å². The van der Waals surface area contributed by atoms with E-state index in [1.54, 1.807) is 0 Å². The van der Waals surface area contributed by atoms with Crippen molar-refractivity contribution in [2.75, 3.05) is 5.32 Å². The largest absolute Gasteiger partial charge is 0.383 e. The second kappa shape index (κ2) is 4.51. The molecule has 0 amide bonds. The van der Waals surface area contributed by atoms with E-state index in [-0.39, 0.29) is 0 Å². The molecule has 0 unspecified atom stereocenters. The zero-order valence-electron chi connectivity index (χ0n) is 7.47. The smallest absolute Gasteiger partial charge is 0.0342 e. The molecule has 0 aliphatic carbocycles. The normalized spacial score (nSPS) is 12.6. The van der Waals surface area contributed by atoms with Crippen molar-refractivity contribution in [3.63, 3.8) is 0 Å². The van der Waals surface area contributed by atoms with Crippen molar-refractivity contribution in [1.29, 1.82) is 0 Å². The van der Waals surface area contributed by atoms with Crippen LogP contribution in [0.2, 0.25) is 0 Å². The first-order valence-corrected chi connectivity index (χ1v) is 5.03. The third-order valence-electron chi connectivity index (χ3n) is 1.87. The Morgan fingerprint density at radius 1 is 1.33 bits per heavy atom. The summed E-state index contributed by atoms with van der Waals surface area (Å²) < 4.78 is 1.12. The molecule has 0 aromatic heterocycles. The van der Waals surface area contributed by atoms with Crippen LogP contribution < -0.4 is 5.32 Å². The maximum Gasteiger partial charge on any atom is 0.0342 e. The molecule has 1 nitrogen and oxygen atoms in total. The number of anilines is 1. The van der Waals surface area contributed by atoms with E-state index in [2.05, 4.69) is 47.2 Å². The van der Waals surface area contributed by atoms with Gasteiger partial charge in [0.1, 0.15) is 0 Å². The highest BCUT2D eigenvalue weighted by Crippen LogP contribution is 2.15. The monoisotopic (exact) mass is 227 g/mol. The number of hydrogen-bond donors (Lipinski definition) is 1. The molecule has 0 saturated carbocycles. The van der Waals surface area contributed by atoms with Crippen LogP contribution in [0.4, 0.5) is 5.69 Å². The summed E-state index contributed by atoms with van der Waals surface area (Å²) >= 11 is 3.40. The summed E-state index contributed by atoms with van der Waals surface area (Å²) in [5.41, 5.74) is 1.19. The third kappa shape index (κ3) is 2.86. The quantitative estimate of drug-likeness (QED) is 0.832. The Balaban J connectivity index is 2.58. The van der Waals surface area contributed by atoms with Crippen molar-refractivity contribution in [3.05, 3.63) is 28.7 Å². The Labute approximate surface area is 82.3 Å². The molecule has 0 fully saturated rings. The van der Waals surface area contributed by atoms with E-state index in [0.29, 0.717) is 6.04 Å². The SMILES string of the molecule is CC[C@H](C)Nc1ccc(Br)cc1. The van der Waals surface area contributed by atoms with Gasteiger partial charge in [-0.15, -0.1) is 0 Å². The summed E-state index contributed by atoms with van der Waals surface area (Å²) in [5, 5.41) is 3.40. The van der Waals surface area contributed by atoms with Gasteiger partial charge >= 0.3 is 0 Å². The minimum absolute atomic E-state index is 0.547. The Kier molecular flexibility index (Phi) is 3.60. The summed E-state index contributed by atoms with van der Waals surface area (Å²) in [6, 6.07) is 8.80. The molecule has 1 rings (SSSR count). The van der Waals surface area contributed by atoms with Gasteiger partial charge in [-0.05, 0) is 37.6 Å². The van der Waals surface area contributed by atoms with Gasteiger partial charge < -0.3 is 5.32 Å². The second-order valence-corrected chi connectivity index (χ2v) is 3.88. The minimum atomic E-state index is 0.547. The first kappa shape index (κ1) is 9.59. The van der Waals surface area contributed by atoms with Gasteiger partial charge in [-0.25, -0.2) is 0 Å². The molecular weight excluding hydrogens is 214 g/mol. The molecule has 1 aromatic carbocycles. The lowest BCUT2D eigenvalue weighted by Crippen LogP contribution is -2.12. The highest BCUT2D eigenvalue weighted by molar-refractivity contribution is 9.10. The van der Waals surface area contributed by atoms with Crippen LogP contribution in [0.5, 0.6) is 0 Å². The van der Waals surface area contributed by atoms with Crippen LogP contribution in [-0.4, -0.2) is 6.04 Å². The Morgan fingerprint density at radius 3 is 2.42 bits per heavy atom. The molecule has 0 aliphatic heterocycles. The number of hydrogen-bond acceptors (Lipinski definition) is 1. The van der Waals surface area contributed by atoms with Crippen molar-refractivity contribution in [2.24, 2.45) is 0 Å². The van der Waals surface area contributed by atoms with Crippen LogP contribution in [0.25, 0.3) is 0 Å². The van der Waals surface area contributed by atoms with Gasteiger partial charge in [-0.3, -0.25) is 0 Å². The molecule has 0 radical (unpaired) electrons. The average molecular weight is 228 g/mol. The average Bonchev–Trinajstić information content (AvgIpc) is 2.09. The summed E-state index contributed by atoms with van der Waals surface area (Å²) in [7, 11) is 0. The minimum Gasteiger partial charge on any atom is -0.383 e. The molecule has 1 aromatic rings. The maximum absolute atomic E-state index is 3.40. The summed E-state index contributed by atoms with van der Waals surface area (Å²) in [5.74, 6) is 0. The van der Waals surface area contributed by atoms with Crippen molar-refractivity contribution in [3.8, 4) is 0 Å². The number of nitrogens with one attached hydrogen (secondary N) is 1. The molecular formula is C10H14BrN. The van der Waals surface area contributed by atoms with E-state index in [0.717, 1.165) is 10.9 Å². The Morgan fingerprint density at radius 2 is 1.92 bits per heavy atom. The van der Waals surface area contributed by atoms with Gasteiger partial charge in [-0.2, -0.15) is 0 Å². The zero-order valence-corrected chi connectivity index (χ0v) is 9.06. The van der Waals surface area contributed by atoms with E-state index in [1.807, 2.05) is 12.1 Å². The summed E-state index contributed by atoms with van der Waals surface area (Å²) in [4.78, 5) is 0. The summed E-state index contributed by atoms with van der Waals surface area (Å²) in [6.45, 7) is 4.36. The Hall–Kier alpha value is -0.500. The van der Waals surface area contributed by atoms with Crippen molar-refractivity contribution in [1.82, 2.24) is 0 Å². The molecule has 0 bridgehead atoms. The van der Waals surface area contributed by atoms with Gasteiger partial charge in [-0.1, -0.05) is 22.9 Å². The van der Waals surface area contributed by atoms with Crippen LogP contribution in [0.15, 0.2) is 28.7 Å². The van der Waals surface area contributed by atoms with E-state index in [4.69, 9.17) is 0 Å².